The van der Waals surface area contributed by atoms with Gasteiger partial charge in [0.2, 0.25) is 16.9 Å². The SMILES string of the molecule is CCN(CC(=O)NC1CCS(=O)(=O)C1)C(=O)CSc1nnc(Nc2ccc(C)c(C)c2)s1. The maximum Gasteiger partial charge on any atom is 0.239 e. The maximum absolute atomic E-state index is 12.6. The van der Waals surface area contributed by atoms with E-state index in [9.17, 15) is 18.0 Å². The van der Waals surface area contributed by atoms with Gasteiger partial charge in [-0.05, 0) is 50.5 Å². The van der Waals surface area contributed by atoms with Crippen molar-refractivity contribution in [1.82, 2.24) is 20.4 Å². The summed E-state index contributed by atoms with van der Waals surface area (Å²) in [6.45, 7) is 6.18. The van der Waals surface area contributed by atoms with E-state index in [2.05, 4.69) is 27.8 Å². The molecule has 9 nitrogen and oxygen atoms in total. The smallest absolute Gasteiger partial charge is 0.239 e. The second kappa shape index (κ2) is 10.6. The first-order chi connectivity index (χ1) is 15.1. The number of sulfone groups is 1. The molecule has 2 aromatic rings. The lowest BCUT2D eigenvalue weighted by molar-refractivity contribution is -0.134. The van der Waals surface area contributed by atoms with Crippen molar-refractivity contribution in [1.29, 1.82) is 0 Å². The number of anilines is 2. The van der Waals surface area contributed by atoms with Crippen LogP contribution in [0.15, 0.2) is 22.5 Å². The van der Waals surface area contributed by atoms with Crippen LogP contribution in [-0.2, 0) is 19.4 Å². The molecule has 1 fully saturated rings. The van der Waals surface area contributed by atoms with Gasteiger partial charge in [-0.15, -0.1) is 10.2 Å². The third-order valence-electron chi connectivity index (χ3n) is 5.15. The van der Waals surface area contributed by atoms with Crippen LogP contribution in [0.4, 0.5) is 10.8 Å². The number of carbonyl (C=O) groups excluding carboxylic acids is 2. The lowest BCUT2D eigenvalue weighted by Gasteiger charge is -2.21. The topological polar surface area (TPSA) is 121 Å². The van der Waals surface area contributed by atoms with E-state index in [0.29, 0.717) is 22.4 Å². The summed E-state index contributed by atoms with van der Waals surface area (Å²) in [6, 6.07) is 5.68. The number of aromatic nitrogens is 2. The first-order valence-electron chi connectivity index (χ1n) is 10.2. The van der Waals surface area contributed by atoms with Crippen molar-refractivity contribution < 1.29 is 18.0 Å². The number of nitrogens with zero attached hydrogens (tertiary/aromatic N) is 3. The minimum Gasteiger partial charge on any atom is -0.351 e. The number of likely N-dealkylation sites (N-methyl/N-ethyl adjacent to an activating group) is 1. The molecule has 1 aromatic carbocycles. The third-order valence-corrected chi connectivity index (χ3v) is 8.87. The van der Waals surface area contributed by atoms with Gasteiger partial charge in [0.05, 0.1) is 23.8 Å². The van der Waals surface area contributed by atoms with Crippen LogP contribution in [0.25, 0.3) is 0 Å². The summed E-state index contributed by atoms with van der Waals surface area (Å²) in [7, 11) is -3.07. The molecule has 1 unspecified atom stereocenters. The van der Waals surface area contributed by atoms with Crippen molar-refractivity contribution in [2.45, 2.75) is 37.6 Å². The van der Waals surface area contributed by atoms with E-state index >= 15 is 0 Å². The highest BCUT2D eigenvalue weighted by atomic mass is 32.2. The Labute approximate surface area is 196 Å². The van der Waals surface area contributed by atoms with Crippen LogP contribution in [0.2, 0.25) is 0 Å². The minimum absolute atomic E-state index is 0.0375. The van der Waals surface area contributed by atoms with Crippen LogP contribution < -0.4 is 10.6 Å². The normalized spacial score (nSPS) is 17.2. The van der Waals surface area contributed by atoms with Crippen molar-refractivity contribution >= 4 is 55.6 Å². The highest BCUT2D eigenvalue weighted by Crippen LogP contribution is 2.28. The monoisotopic (exact) mass is 497 g/mol. The van der Waals surface area contributed by atoms with Gasteiger partial charge in [-0.25, -0.2) is 8.42 Å². The van der Waals surface area contributed by atoms with Crippen LogP contribution in [-0.4, -0.2) is 71.7 Å². The van der Waals surface area contributed by atoms with E-state index in [0.717, 1.165) is 5.69 Å². The predicted octanol–water partition coefficient (Wildman–Crippen LogP) is 2.14. The van der Waals surface area contributed by atoms with Gasteiger partial charge < -0.3 is 15.5 Å². The maximum atomic E-state index is 12.6. The number of rotatable bonds is 9. The number of nitrogens with one attached hydrogen (secondary N) is 2. The van der Waals surface area contributed by atoms with E-state index < -0.39 is 9.84 Å². The number of hydrogen-bond acceptors (Lipinski definition) is 9. The average molecular weight is 498 g/mol. The number of amides is 2. The first-order valence-corrected chi connectivity index (χ1v) is 13.9. The highest BCUT2D eigenvalue weighted by Gasteiger charge is 2.29. The van der Waals surface area contributed by atoms with Crippen molar-refractivity contribution in [3.05, 3.63) is 29.3 Å². The molecule has 0 radical (unpaired) electrons. The summed E-state index contributed by atoms with van der Waals surface area (Å²) in [5.41, 5.74) is 3.32. The standard InChI is InChI=1S/C20H27N5O4S3/c1-4-25(10-17(26)21-16-7-8-32(28,29)12-16)18(27)11-30-20-24-23-19(31-20)22-15-6-5-13(2)14(3)9-15/h5-6,9,16H,4,7-8,10-12H2,1-3H3,(H,21,26)(H,22,23). The summed E-state index contributed by atoms with van der Waals surface area (Å²) in [6.07, 6.45) is 0.416. The minimum atomic E-state index is -3.07. The molecule has 0 aliphatic carbocycles. The number of hydrogen-bond donors (Lipinski definition) is 2. The molecule has 32 heavy (non-hydrogen) atoms. The van der Waals surface area contributed by atoms with Gasteiger partial charge in [0.1, 0.15) is 0 Å². The Morgan fingerprint density at radius 2 is 2.03 bits per heavy atom. The van der Waals surface area contributed by atoms with Crippen LogP contribution in [0.3, 0.4) is 0 Å². The van der Waals surface area contributed by atoms with Gasteiger partial charge in [-0.1, -0.05) is 29.2 Å². The molecule has 0 bridgehead atoms. The Morgan fingerprint density at radius 3 is 2.69 bits per heavy atom. The zero-order valence-corrected chi connectivity index (χ0v) is 20.7. The van der Waals surface area contributed by atoms with E-state index in [-0.39, 0.29) is 41.7 Å². The summed E-state index contributed by atoms with van der Waals surface area (Å²) >= 11 is 2.63. The molecule has 3 rings (SSSR count). The van der Waals surface area contributed by atoms with E-state index in [1.165, 1.54) is 39.1 Å². The average Bonchev–Trinajstić information content (AvgIpc) is 3.32. The molecule has 2 N–H and O–H groups in total. The Morgan fingerprint density at radius 1 is 1.25 bits per heavy atom. The Balaban J connectivity index is 1.47. The Bertz CT molecular complexity index is 1090. The molecule has 1 aromatic heterocycles. The lowest BCUT2D eigenvalue weighted by Crippen LogP contribution is -2.45. The quantitative estimate of drug-likeness (QED) is 0.506. The van der Waals surface area contributed by atoms with Crippen LogP contribution in [0, 0.1) is 13.8 Å². The summed E-state index contributed by atoms with van der Waals surface area (Å²) < 4.78 is 23.7. The number of benzene rings is 1. The van der Waals surface area contributed by atoms with Gasteiger partial charge in [0.15, 0.2) is 14.2 Å². The Hall–Kier alpha value is -2.18. The molecule has 12 heteroatoms. The number of carbonyl (C=O) groups is 2. The largest absolute Gasteiger partial charge is 0.351 e. The van der Waals surface area contributed by atoms with Crippen LogP contribution in [0.5, 0.6) is 0 Å². The second-order valence-corrected chi connectivity index (χ2v) is 12.1. The zero-order chi connectivity index (χ0) is 23.3. The van der Waals surface area contributed by atoms with E-state index in [4.69, 9.17) is 0 Å². The predicted molar refractivity (Wildman–Crippen MR) is 127 cm³/mol. The molecular weight excluding hydrogens is 470 g/mol. The third kappa shape index (κ3) is 6.91. The summed E-state index contributed by atoms with van der Waals surface area (Å²) in [5.74, 6) is -0.345. The van der Waals surface area contributed by atoms with Crippen LogP contribution in [0.1, 0.15) is 24.5 Å². The fourth-order valence-electron chi connectivity index (χ4n) is 3.21. The fourth-order valence-corrected chi connectivity index (χ4v) is 6.56. The van der Waals surface area contributed by atoms with Gasteiger partial charge in [-0.3, -0.25) is 9.59 Å². The summed E-state index contributed by atoms with van der Waals surface area (Å²) in [4.78, 5) is 26.3. The Kier molecular flexibility index (Phi) is 8.12. The summed E-state index contributed by atoms with van der Waals surface area (Å²) in [5, 5.41) is 14.8. The van der Waals surface area contributed by atoms with Crippen molar-refractivity contribution in [3.8, 4) is 0 Å². The molecule has 0 spiro atoms. The highest BCUT2D eigenvalue weighted by molar-refractivity contribution is 8.01. The first kappa shape index (κ1) is 24.5. The van der Waals surface area contributed by atoms with Crippen LogP contribution >= 0.6 is 23.1 Å². The van der Waals surface area contributed by atoms with Crippen molar-refractivity contribution in [2.24, 2.45) is 0 Å². The van der Waals surface area contributed by atoms with Gasteiger partial charge in [0, 0.05) is 18.3 Å². The molecule has 1 saturated heterocycles. The molecule has 1 aliphatic heterocycles. The van der Waals surface area contributed by atoms with Gasteiger partial charge >= 0.3 is 0 Å². The second-order valence-electron chi connectivity index (χ2n) is 7.66. The van der Waals surface area contributed by atoms with Gasteiger partial charge in [-0.2, -0.15) is 0 Å². The van der Waals surface area contributed by atoms with Crippen molar-refractivity contribution in [3.63, 3.8) is 0 Å². The molecule has 2 amide bonds. The fraction of sp³-hybridized carbons (Fsp3) is 0.500. The molecule has 174 valence electrons. The number of thioether (sulfide) groups is 1. The molecular formula is C20H27N5O4S3. The van der Waals surface area contributed by atoms with Gasteiger partial charge in [0.25, 0.3) is 0 Å². The van der Waals surface area contributed by atoms with E-state index in [1.54, 1.807) is 6.92 Å². The molecule has 0 saturated carbocycles. The van der Waals surface area contributed by atoms with E-state index in [1.807, 2.05) is 25.1 Å². The molecule has 2 heterocycles. The lowest BCUT2D eigenvalue weighted by atomic mass is 10.1. The van der Waals surface area contributed by atoms with Crippen molar-refractivity contribution in [2.75, 3.05) is 35.7 Å². The molecule has 1 atom stereocenters. The zero-order valence-electron chi connectivity index (χ0n) is 18.3. The number of aryl methyl sites for hydroxylation is 2. The molecule has 1 aliphatic rings.